The molecular formula is C19H23N5S. The Morgan fingerprint density at radius 2 is 1.84 bits per heavy atom. The van der Waals surface area contributed by atoms with Crippen LogP contribution in [0.15, 0.2) is 46.3 Å². The average Bonchev–Trinajstić information content (AvgIpc) is 2.57. The maximum atomic E-state index is 6.06. The van der Waals surface area contributed by atoms with Crippen LogP contribution >= 0.6 is 11.8 Å². The van der Waals surface area contributed by atoms with Crippen LogP contribution in [-0.4, -0.2) is 22.7 Å². The first-order valence-electron chi connectivity index (χ1n) is 8.25. The molecule has 0 bridgehead atoms. The van der Waals surface area contributed by atoms with Crippen molar-refractivity contribution < 1.29 is 0 Å². The number of nitrogens with two attached hydrogens (primary N) is 2. The molecule has 1 aromatic heterocycles. The summed E-state index contributed by atoms with van der Waals surface area (Å²) in [5.74, 6) is 1.51. The van der Waals surface area contributed by atoms with Gasteiger partial charge >= 0.3 is 0 Å². The Morgan fingerprint density at radius 1 is 1.12 bits per heavy atom. The summed E-state index contributed by atoms with van der Waals surface area (Å²) in [4.78, 5) is 14.8. The lowest BCUT2D eigenvalue weighted by molar-refractivity contribution is 0.708. The second kappa shape index (κ2) is 6.88. The molecule has 1 aliphatic rings. The minimum atomic E-state index is -0.231. The minimum absolute atomic E-state index is 0.231. The van der Waals surface area contributed by atoms with Crippen molar-refractivity contribution in [3.63, 3.8) is 0 Å². The van der Waals surface area contributed by atoms with Gasteiger partial charge in [-0.2, -0.15) is 0 Å². The Bertz CT molecular complexity index is 824. The first-order valence-corrected chi connectivity index (χ1v) is 9.07. The molecule has 130 valence electrons. The largest absolute Gasteiger partial charge is 0.399 e. The number of benzene rings is 1. The number of aliphatic imine (C=N–C) groups is 1. The Labute approximate surface area is 152 Å². The van der Waals surface area contributed by atoms with E-state index in [0.717, 1.165) is 17.8 Å². The number of nitrogen functional groups attached to an aromatic ring is 2. The first-order chi connectivity index (χ1) is 11.8. The van der Waals surface area contributed by atoms with Crippen LogP contribution in [0.2, 0.25) is 0 Å². The fourth-order valence-corrected chi connectivity index (χ4v) is 3.82. The zero-order chi connectivity index (χ0) is 18.0. The Balaban J connectivity index is 1.94. The highest BCUT2D eigenvalue weighted by Gasteiger charge is 2.28. The Kier molecular flexibility index (Phi) is 4.81. The van der Waals surface area contributed by atoms with Gasteiger partial charge in [0.25, 0.3) is 0 Å². The van der Waals surface area contributed by atoms with E-state index in [-0.39, 0.29) is 4.75 Å². The third kappa shape index (κ3) is 4.02. The molecule has 1 aromatic carbocycles. The third-order valence-corrected chi connectivity index (χ3v) is 5.61. The summed E-state index contributed by atoms with van der Waals surface area (Å²) < 4.78 is -0.231. The summed E-state index contributed by atoms with van der Waals surface area (Å²) in [5.41, 5.74) is 14.4. The van der Waals surface area contributed by atoms with Crippen molar-refractivity contribution in [3.8, 4) is 11.4 Å². The number of rotatable bonds is 4. The monoisotopic (exact) mass is 353 g/mol. The van der Waals surface area contributed by atoms with Crippen LogP contribution in [0.1, 0.15) is 26.5 Å². The maximum Gasteiger partial charge on any atom is 0.161 e. The van der Waals surface area contributed by atoms with Gasteiger partial charge in [0.05, 0.1) is 10.4 Å². The van der Waals surface area contributed by atoms with E-state index in [4.69, 9.17) is 16.5 Å². The molecule has 2 aromatic rings. The summed E-state index contributed by atoms with van der Waals surface area (Å²) in [5, 5.41) is 0. The van der Waals surface area contributed by atoms with Crippen LogP contribution in [0.3, 0.4) is 0 Å². The molecule has 1 aliphatic heterocycles. The molecule has 0 saturated carbocycles. The molecule has 0 aliphatic carbocycles. The van der Waals surface area contributed by atoms with Crippen molar-refractivity contribution in [2.75, 3.05) is 18.0 Å². The van der Waals surface area contributed by atoms with Gasteiger partial charge in [0.2, 0.25) is 0 Å². The van der Waals surface area contributed by atoms with Gasteiger partial charge in [-0.15, -0.1) is 11.8 Å². The zero-order valence-corrected chi connectivity index (χ0v) is 15.5. The summed E-state index contributed by atoms with van der Waals surface area (Å²) in [6.45, 7) is 7.34. The van der Waals surface area contributed by atoms with Gasteiger partial charge in [-0.05, 0) is 49.1 Å². The number of hydrogen-bond acceptors (Lipinski definition) is 6. The number of dihydropyridines is 1. The molecule has 0 spiro atoms. The smallest absolute Gasteiger partial charge is 0.161 e. The van der Waals surface area contributed by atoms with E-state index in [1.165, 1.54) is 4.91 Å². The standard InChI is InChI=1S/C19H23N5S/c1-12-11-22-9-8-15(12)25-19(2,3)16-10-17(21)24-18(23-16)13-4-6-14(20)7-5-13/h4-10,12H,11,20H2,1-3H3,(H2,21,23,24). The number of hydrogen-bond donors (Lipinski definition) is 2. The van der Waals surface area contributed by atoms with E-state index in [9.17, 15) is 0 Å². The quantitative estimate of drug-likeness (QED) is 0.814. The highest BCUT2D eigenvalue weighted by atomic mass is 32.2. The fraction of sp³-hybridized carbons (Fsp3) is 0.316. The highest BCUT2D eigenvalue weighted by molar-refractivity contribution is 8.03. The van der Waals surface area contributed by atoms with E-state index in [1.54, 1.807) is 11.8 Å². The van der Waals surface area contributed by atoms with Crippen LogP contribution in [0, 0.1) is 5.92 Å². The molecular weight excluding hydrogens is 330 g/mol. The average molecular weight is 353 g/mol. The molecule has 0 amide bonds. The highest BCUT2D eigenvalue weighted by Crippen LogP contribution is 2.43. The van der Waals surface area contributed by atoms with Crippen LogP contribution in [-0.2, 0) is 4.75 Å². The van der Waals surface area contributed by atoms with Crippen LogP contribution < -0.4 is 11.5 Å². The summed E-state index contributed by atoms with van der Waals surface area (Å²) in [7, 11) is 0. The Morgan fingerprint density at radius 3 is 2.52 bits per heavy atom. The van der Waals surface area contributed by atoms with Gasteiger partial charge in [0.15, 0.2) is 5.82 Å². The number of aromatic nitrogens is 2. The molecule has 5 nitrogen and oxygen atoms in total. The molecule has 2 heterocycles. The molecule has 0 radical (unpaired) electrons. The van der Waals surface area contributed by atoms with Gasteiger partial charge in [0, 0.05) is 36.0 Å². The molecule has 1 unspecified atom stereocenters. The predicted octanol–water partition coefficient (Wildman–Crippen LogP) is 3.88. The van der Waals surface area contributed by atoms with Crippen molar-refractivity contribution in [2.45, 2.75) is 25.5 Å². The summed E-state index contributed by atoms with van der Waals surface area (Å²) >= 11 is 1.80. The van der Waals surface area contributed by atoms with Crippen molar-refractivity contribution in [1.82, 2.24) is 9.97 Å². The molecule has 0 saturated heterocycles. The Hall–Kier alpha value is -2.34. The van der Waals surface area contributed by atoms with Gasteiger partial charge in [0.1, 0.15) is 5.82 Å². The maximum absolute atomic E-state index is 6.06. The van der Waals surface area contributed by atoms with Crippen LogP contribution in [0.25, 0.3) is 11.4 Å². The lowest BCUT2D eigenvalue weighted by Crippen LogP contribution is -2.19. The number of nitrogens with zero attached hydrogens (tertiary/aromatic N) is 3. The van der Waals surface area contributed by atoms with Crippen molar-refractivity contribution >= 4 is 29.5 Å². The van der Waals surface area contributed by atoms with E-state index < -0.39 is 0 Å². The van der Waals surface area contributed by atoms with Crippen molar-refractivity contribution in [2.24, 2.45) is 10.9 Å². The van der Waals surface area contributed by atoms with Crippen molar-refractivity contribution in [3.05, 3.63) is 47.0 Å². The fourth-order valence-electron chi connectivity index (χ4n) is 2.62. The van der Waals surface area contributed by atoms with Gasteiger partial charge < -0.3 is 11.5 Å². The van der Waals surface area contributed by atoms with Gasteiger partial charge in [-0.3, -0.25) is 4.99 Å². The van der Waals surface area contributed by atoms with Gasteiger partial charge in [-0.1, -0.05) is 6.92 Å². The molecule has 1 atom stereocenters. The lowest BCUT2D eigenvalue weighted by Gasteiger charge is -2.28. The predicted molar refractivity (Wildman–Crippen MR) is 108 cm³/mol. The van der Waals surface area contributed by atoms with E-state index in [0.29, 0.717) is 23.2 Å². The van der Waals surface area contributed by atoms with E-state index in [1.807, 2.05) is 36.5 Å². The molecule has 6 heteroatoms. The third-order valence-electron chi connectivity index (χ3n) is 4.11. The zero-order valence-electron chi connectivity index (χ0n) is 14.7. The minimum Gasteiger partial charge on any atom is -0.399 e. The second-order valence-corrected chi connectivity index (χ2v) is 8.42. The molecule has 4 N–H and O–H groups in total. The summed E-state index contributed by atoms with van der Waals surface area (Å²) in [6.07, 6.45) is 3.97. The SMILES string of the molecule is CC1CN=CC=C1SC(C)(C)c1cc(N)nc(-c2ccc(N)cc2)n1. The first kappa shape index (κ1) is 17.5. The molecule has 25 heavy (non-hydrogen) atoms. The number of anilines is 2. The van der Waals surface area contributed by atoms with E-state index >= 15 is 0 Å². The number of thioether (sulfide) groups is 1. The lowest BCUT2D eigenvalue weighted by atomic mass is 10.1. The molecule has 0 fully saturated rings. The van der Waals surface area contributed by atoms with Crippen LogP contribution in [0.5, 0.6) is 0 Å². The second-order valence-electron chi connectivity index (χ2n) is 6.72. The number of allylic oxidation sites excluding steroid dienone is 1. The van der Waals surface area contributed by atoms with Gasteiger partial charge in [-0.25, -0.2) is 9.97 Å². The van der Waals surface area contributed by atoms with E-state index in [2.05, 4.69) is 36.8 Å². The summed E-state index contributed by atoms with van der Waals surface area (Å²) in [6, 6.07) is 9.37. The molecule has 3 rings (SSSR count). The topological polar surface area (TPSA) is 90.2 Å². The normalized spacial score (nSPS) is 17.4. The van der Waals surface area contributed by atoms with Crippen molar-refractivity contribution in [1.29, 1.82) is 0 Å². The van der Waals surface area contributed by atoms with Crippen LogP contribution in [0.4, 0.5) is 11.5 Å².